The molecule has 0 bridgehead atoms. The Balaban J connectivity index is 1.47. The van der Waals surface area contributed by atoms with Gasteiger partial charge < -0.3 is 14.8 Å². The average Bonchev–Trinajstić information content (AvgIpc) is 3.43. The minimum absolute atomic E-state index is 0.100. The number of nitrogens with one attached hydrogen (secondary N) is 2. The predicted molar refractivity (Wildman–Crippen MR) is 121 cm³/mol. The van der Waals surface area contributed by atoms with Crippen LogP contribution in [0.5, 0.6) is 0 Å². The fourth-order valence-electron chi connectivity index (χ4n) is 3.07. The molecule has 0 saturated carbocycles. The Bertz CT molecular complexity index is 1280. The van der Waals surface area contributed by atoms with E-state index in [1.165, 1.54) is 11.3 Å². The molecule has 32 heavy (non-hydrogen) atoms. The van der Waals surface area contributed by atoms with Crippen LogP contribution < -0.4 is 5.32 Å². The number of aromatic nitrogens is 2. The Labute approximate surface area is 187 Å². The molecule has 2 N–H and O–H groups in total. The normalized spacial score (nSPS) is 10.7. The van der Waals surface area contributed by atoms with E-state index in [1.54, 1.807) is 31.2 Å². The van der Waals surface area contributed by atoms with E-state index in [-0.39, 0.29) is 17.9 Å². The number of hydrogen-bond acceptors (Lipinski definition) is 7. The number of benzene rings is 2. The van der Waals surface area contributed by atoms with E-state index in [2.05, 4.69) is 15.5 Å². The smallest absolute Gasteiger partial charge is 0.359 e. The van der Waals surface area contributed by atoms with Crippen LogP contribution in [0.25, 0.3) is 21.3 Å². The van der Waals surface area contributed by atoms with E-state index >= 15 is 0 Å². The number of esters is 2. The molecule has 0 spiro atoms. The molecule has 0 radical (unpaired) electrons. The maximum absolute atomic E-state index is 12.5. The zero-order valence-electron chi connectivity index (χ0n) is 17.1. The zero-order valence-corrected chi connectivity index (χ0v) is 17.9. The second kappa shape index (κ2) is 9.44. The number of carbonyl (C=O) groups is 3. The lowest BCUT2D eigenvalue weighted by Crippen LogP contribution is -2.21. The van der Waals surface area contributed by atoms with Crippen molar-refractivity contribution in [2.75, 3.05) is 18.5 Å². The van der Waals surface area contributed by atoms with Crippen molar-refractivity contribution in [2.24, 2.45) is 0 Å². The van der Waals surface area contributed by atoms with Crippen molar-refractivity contribution in [2.45, 2.75) is 6.92 Å². The van der Waals surface area contributed by atoms with E-state index < -0.39 is 24.5 Å². The second-order valence-electron chi connectivity index (χ2n) is 6.68. The Morgan fingerprint density at radius 3 is 2.53 bits per heavy atom. The largest absolute Gasteiger partial charge is 0.462 e. The highest BCUT2D eigenvalue weighted by atomic mass is 32.1. The van der Waals surface area contributed by atoms with Gasteiger partial charge in [0.05, 0.1) is 17.7 Å². The molecule has 9 heteroatoms. The summed E-state index contributed by atoms with van der Waals surface area (Å²) in [5.74, 6) is -1.84. The standard InChI is InChI=1S/C23H19N3O5S/c1-2-30-22(28)16-12-18(14-8-4-3-5-9-14)32-21(16)24-19(27)13-31-23(29)20-15-10-6-7-11-17(15)25-26-20/h3-12H,2,13H2,1H3,(H,24,27)(H,25,26). The van der Waals surface area contributed by atoms with Crippen molar-refractivity contribution in [3.63, 3.8) is 0 Å². The van der Waals surface area contributed by atoms with Gasteiger partial charge in [0, 0.05) is 10.3 Å². The Morgan fingerprint density at radius 2 is 1.75 bits per heavy atom. The fourth-order valence-corrected chi connectivity index (χ4v) is 4.14. The van der Waals surface area contributed by atoms with Gasteiger partial charge in [-0.25, -0.2) is 9.59 Å². The van der Waals surface area contributed by atoms with Gasteiger partial charge >= 0.3 is 11.9 Å². The van der Waals surface area contributed by atoms with Gasteiger partial charge in [-0.1, -0.05) is 48.5 Å². The van der Waals surface area contributed by atoms with Crippen LogP contribution in [-0.2, 0) is 14.3 Å². The highest BCUT2D eigenvalue weighted by Crippen LogP contribution is 2.36. The molecule has 2 heterocycles. The number of thiophene rings is 1. The van der Waals surface area contributed by atoms with Crippen molar-refractivity contribution in [1.82, 2.24) is 10.2 Å². The lowest BCUT2D eigenvalue weighted by Gasteiger charge is -2.06. The summed E-state index contributed by atoms with van der Waals surface area (Å²) in [5.41, 5.74) is 1.94. The van der Waals surface area contributed by atoms with Gasteiger partial charge in [-0.3, -0.25) is 9.89 Å². The van der Waals surface area contributed by atoms with Crippen LogP contribution in [0.1, 0.15) is 27.8 Å². The van der Waals surface area contributed by atoms with Gasteiger partial charge in [0.15, 0.2) is 12.3 Å². The average molecular weight is 449 g/mol. The third kappa shape index (κ3) is 4.52. The van der Waals surface area contributed by atoms with E-state index in [0.717, 1.165) is 10.4 Å². The molecule has 4 aromatic rings. The number of carbonyl (C=O) groups excluding carboxylic acids is 3. The third-order valence-corrected chi connectivity index (χ3v) is 5.64. The van der Waals surface area contributed by atoms with Crippen molar-refractivity contribution in [3.05, 3.63) is 71.9 Å². The predicted octanol–water partition coefficient (Wildman–Crippen LogP) is 4.26. The summed E-state index contributed by atoms with van der Waals surface area (Å²) < 4.78 is 10.2. The highest BCUT2D eigenvalue weighted by molar-refractivity contribution is 7.20. The maximum Gasteiger partial charge on any atom is 0.359 e. The highest BCUT2D eigenvalue weighted by Gasteiger charge is 2.21. The minimum atomic E-state index is -0.723. The Kier molecular flexibility index (Phi) is 6.27. The summed E-state index contributed by atoms with van der Waals surface area (Å²) in [5, 5.41) is 10.3. The number of H-pyrrole nitrogens is 1. The molecule has 8 nitrogen and oxygen atoms in total. The summed E-state index contributed by atoms with van der Waals surface area (Å²) in [6, 6.07) is 18.3. The first-order valence-corrected chi connectivity index (χ1v) is 10.6. The number of para-hydroxylation sites is 1. The first-order chi connectivity index (χ1) is 15.6. The van der Waals surface area contributed by atoms with Gasteiger partial charge in [0.25, 0.3) is 5.91 Å². The number of anilines is 1. The maximum atomic E-state index is 12.5. The van der Waals surface area contributed by atoms with Gasteiger partial charge in [-0.2, -0.15) is 5.10 Å². The summed E-state index contributed by atoms with van der Waals surface area (Å²) >= 11 is 1.24. The first-order valence-electron chi connectivity index (χ1n) is 9.83. The first kappa shape index (κ1) is 21.3. The fraction of sp³-hybridized carbons (Fsp3) is 0.130. The summed E-state index contributed by atoms with van der Waals surface area (Å²) in [6.45, 7) is 1.39. The number of rotatable bonds is 7. The van der Waals surface area contributed by atoms with Gasteiger partial charge in [-0.05, 0) is 24.6 Å². The summed E-state index contributed by atoms with van der Waals surface area (Å²) in [4.78, 5) is 38.0. The van der Waals surface area contributed by atoms with Crippen LogP contribution in [0.15, 0.2) is 60.7 Å². The lowest BCUT2D eigenvalue weighted by atomic mass is 10.1. The van der Waals surface area contributed by atoms with E-state index in [0.29, 0.717) is 15.9 Å². The molecule has 0 aliphatic heterocycles. The second-order valence-corrected chi connectivity index (χ2v) is 7.73. The Morgan fingerprint density at radius 1 is 1.00 bits per heavy atom. The SMILES string of the molecule is CCOC(=O)c1cc(-c2ccccc2)sc1NC(=O)COC(=O)c1n[nH]c2ccccc12. The van der Waals surface area contributed by atoms with Crippen molar-refractivity contribution in [3.8, 4) is 10.4 Å². The van der Waals surface area contributed by atoms with Crippen LogP contribution in [0.3, 0.4) is 0 Å². The molecule has 162 valence electrons. The van der Waals surface area contributed by atoms with Gasteiger partial charge in [0.2, 0.25) is 0 Å². The number of nitrogens with zero attached hydrogens (tertiary/aromatic N) is 1. The van der Waals surface area contributed by atoms with Gasteiger partial charge in [-0.15, -0.1) is 11.3 Å². The molecule has 0 unspecified atom stereocenters. The third-order valence-electron chi connectivity index (χ3n) is 4.54. The van der Waals surface area contributed by atoms with Crippen molar-refractivity contribution >= 4 is 45.1 Å². The Hall–Kier alpha value is -3.98. The zero-order chi connectivity index (χ0) is 22.5. The molecular formula is C23H19N3O5S. The molecule has 0 fully saturated rings. The molecule has 0 aliphatic carbocycles. The number of fused-ring (bicyclic) bond motifs is 1. The van der Waals surface area contributed by atoms with E-state index in [9.17, 15) is 14.4 Å². The van der Waals surface area contributed by atoms with Crippen molar-refractivity contribution < 1.29 is 23.9 Å². The quantitative estimate of drug-likeness (QED) is 0.408. The minimum Gasteiger partial charge on any atom is -0.462 e. The molecular weight excluding hydrogens is 430 g/mol. The summed E-state index contributed by atoms with van der Waals surface area (Å²) in [7, 11) is 0. The number of amides is 1. The van der Waals surface area contributed by atoms with Crippen LogP contribution in [0.2, 0.25) is 0 Å². The van der Waals surface area contributed by atoms with Crippen LogP contribution in [0.4, 0.5) is 5.00 Å². The molecule has 0 saturated heterocycles. The number of aromatic amines is 1. The molecule has 2 aromatic heterocycles. The monoisotopic (exact) mass is 449 g/mol. The number of hydrogen-bond donors (Lipinski definition) is 2. The van der Waals surface area contributed by atoms with Crippen LogP contribution >= 0.6 is 11.3 Å². The summed E-state index contributed by atoms with van der Waals surface area (Å²) in [6.07, 6.45) is 0. The molecule has 0 atom stereocenters. The molecule has 4 rings (SSSR count). The molecule has 0 aliphatic rings. The van der Waals surface area contributed by atoms with Crippen LogP contribution in [-0.4, -0.2) is 41.3 Å². The number of ether oxygens (including phenoxy) is 2. The van der Waals surface area contributed by atoms with Gasteiger partial charge in [0.1, 0.15) is 5.00 Å². The molecule has 1 amide bonds. The lowest BCUT2D eigenvalue weighted by molar-refractivity contribution is -0.119. The van der Waals surface area contributed by atoms with E-state index in [4.69, 9.17) is 9.47 Å². The van der Waals surface area contributed by atoms with E-state index in [1.807, 2.05) is 36.4 Å². The van der Waals surface area contributed by atoms with Crippen molar-refractivity contribution in [1.29, 1.82) is 0 Å². The van der Waals surface area contributed by atoms with Crippen LogP contribution in [0, 0.1) is 0 Å². The molecule has 2 aromatic carbocycles. The topological polar surface area (TPSA) is 110 Å².